The predicted octanol–water partition coefficient (Wildman–Crippen LogP) is 1.65. The SMILES string of the molecule is O=C(NCc1cc(Cl)ccc1-n1cnnn1)[C@@H]1[C@H]2C[C@H]2CN1C(=O)C(O)c1ccccc1F. The van der Waals surface area contributed by atoms with Crippen molar-refractivity contribution in [2.45, 2.75) is 25.1 Å². The van der Waals surface area contributed by atoms with Gasteiger partial charge in [-0.25, -0.2) is 9.07 Å². The van der Waals surface area contributed by atoms with Crippen LogP contribution < -0.4 is 5.32 Å². The Bertz CT molecular complexity index is 1210. The van der Waals surface area contributed by atoms with Crippen LogP contribution in [-0.2, 0) is 16.1 Å². The largest absolute Gasteiger partial charge is 0.378 e. The highest BCUT2D eigenvalue weighted by molar-refractivity contribution is 6.30. The van der Waals surface area contributed by atoms with Crippen molar-refractivity contribution in [1.29, 1.82) is 0 Å². The zero-order chi connectivity index (χ0) is 23.1. The standard InChI is InChI=1S/C22H20ClFN6O3/c23-14-5-6-18(30-11-26-27-28-30)12(7-14)9-25-21(32)19-16-8-13(16)10-29(19)22(33)20(31)15-3-1-2-4-17(15)24/h1-7,11,13,16,19-20,31H,8-10H2,(H,25,32)/t13-,16-,19-,20?/m0/s1. The number of halogens is 2. The van der Waals surface area contributed by atoms with E-state index >= 15 is 0 Å². The van der Waals surface area contributed by atoms with Crippen LogP contribution >= 0.6 is 11.6 Å². The Morgan fingerprint density at radius 2 is 2.09 bits per heavy atom. The number of aliphatic hydroxyl groups excluding tert-OH is 1. The number of aromatic nitrogens is 4. The third-order valence-electron chi connectivity index (χ3n) is 6.23. The lowest BCUT2D eigenvalue weighted by Crippen LogP contribution is -2.49. The molecular formula is C22H20ClFN6O3. The summed E-state index contributed by atoms with van der Waals surface area (Å²) in [5.41, 5.74) is 1.24. The fraction of sp³-hybridized carbons (Fsp3) is 0.318. The van der Waals surface area contributed by atoms with E-state index in [2.05, 4.69) is 20.8 Å². The van der Waals surface area contributed by atoms with E-state index in [1.165, 1.54) is 34.1 Å². The van der Waals surface area contributed by atoms with Gasteiger partial charge >= 0.3 is 0 Å². The molecule has 9 nitrogen and oxygen atoms in total. The molecule has 1 unspecified atom stereocenters. The van der Waals surface area contributed by atoms with Gasteiger partial charge in [0.1, 0.15) is 18.2 Å². The summed E-state index contributed by atoms with van der Waals surface area (Å²) in [6.45, 7) is 0.501. The molecule has 4 atom stereocenters. The molecule has 1 saturated heterocycles. The lowest BCUT2D eigenvalue weighted by atomic mass is 10.1. The van der Waals surface area contributed by atoms with Crippen molar-refractivity contribution >= 4 is 23.4 Å². The van der Waals surface area contributed by atoms with Crippen LogP contribution in [0.15, 0.2) is 48.8 Å². The Morgan fingerprint density at radius 3 is 2.85 bits per heavy atom. The Balaban J connectivity index is 1.32. The molecule has 0 spiro atoms. The summed E-state index contributed by atoms with van der Waals surface area (Å²) < 4.78 is 15.6. The van der Waals surface area contributed by atoms with E-state index in [4.69, 9.17) is 11.6 Å². The fourth-order valence-electron chi connectivity index (χ4n) is 4.49. The third-order valence-corrected chi connectivity index (χ3v) is 6.46. The van der Waals surface area contributed by atoms with Gasteiger partial charge in [-0.15, -0.1) is 5.10 Å². The Kier molecular flexibility index (Phi) is 5.55. The molecule has 0 radical (unpaired) electrons. The highest BCUT2D eigenvalue weighted by Gasteiger charge is 2.57. The highest BCUT2D eigenvalue weighted by Crippen LogP contribution is 2.50. The van der Waals surface area contributed by atoms with Gasteiger partial charge in [0, 0.05) is 23.7 Å². The van der Waals surface area contributed by atoms with Crippen LogP contribution in [0.5, 0.6) is 0 Å². The smallest absolute Gasteiger partial charge is 0.256 e. The van der Waals surface area contributed by atoms with Crippen LogP contribution in [0.4, 0.5) is 4.39 Å². The number of fused-ring (bicyclic) bond motifs is 1. The van der Waals surface area contributed by atoms with Gasteiger partial charge in [-0.2, -0.15) is 0 Å². The van der Waals surface area contributed by atoms with Crippen LogP contribution in [0.3, 0.4) is 0 Å². The molecule has 1 aliphatic heterocycles. The second-order valence-corrected chi connectivity index (χ2v) is 8.70. The summed E-state index contributed by atoms with van der Waals surface area (Å²) in [6, 6.07) is 10.0. The van der Waals surface area contributed by atoms with Gasteiger partial charge in [0.25, 0.3) is 5.91 Å². The average Bonchev–Trinajstić information content (AvgIpc) is 3.21. The molecule has 33 heavy (non-hydrogen) atoms. The molecule has 1 aliphatic carbocycles. The highest BCUT2D eigenvalue weighted by atomic mass is 35.5. The van der Waals surface area contributed by atoms with E-state index in [1.54, 1.807) is 24.3 Å². The lowest BCUT2D eigenvalue weighted by molar-refractivity contribution is -0.146. The van der Waals surface area contributed by atoms with Gasteiger partial charge in [-0.3, -0.25) is 9.59 Å². The molecule has 1 saturated carbocycles. The Hall–Kier alpha value is -3.37. The molecule has 2 fully saturated rings. The Morgan fingerprint density at radius 1 is 1.27 bits per heavy atom. The topological polar surface area (TPSA) is 113 Å². The number of rotatable bonds is 6. The van der Waals surface area contributed by atoms with Crippen molar-refractivity contribution in [3.05, 3.63) is 70.8 Å². The molecule has 1 aromatic heterocycles. The molecule has 11 heteroatoms. The van der Waals surface area contributed by atoms with Crippen LogP contribution in [0, 0.1) is 17.7 Å². The minimum atomic E-state index is -1.67. The molecule has 2 N–H and O–H groups in total. The van der Waals surface area contributed by atoms with Crippen LogP contribution in [0.1, 0.15) is 23.7 Å². The summed E-state index contributed by atoms with van der Waals surface area (Å²) >= 11 is 6.14. The zero-order valence-electron chi connectivity index (χ0n) is 17.3. The van der Waals surface area contributed by atoms with Gasteiger partial charge in [-0.1, -0.05) is 29.8 Å². The first-order valence-electron chi connectivity index (χ1n) is 10.5. The fourth-order valence-corrected chi connectivity index (χ4v) is 4.69. The molecule has 2 aliphatic rings. The minimum absolute atomic E-state index is 0.0279. The number of aliphatic hydroxyl groups is 1. The van der Waals surface area contributed by atoms with E-state index < -0.39 is 23.9 Å². The maximum Gasteiger partial charge on any atom is 0.256 e. The number of likely N-dealkylation sites (tertiary alicyclic amines) is 1. The normalized spacial score (nSPS) is 22.0. The first kappa shape index (κ1) is 21.5. The summed E-state index contributed by atoms with van der Waals surface area (Å²) in [5.74, 6) is -1.44. The van der Waals surface area contributed by atoms with Gasteiger partial charge in [0.15, 0.2) is 6.10 Å². The van der Waals surface area contributed by atoms with Crippen molar-refractivity contribution in [2.24, 2.45) is 11.8 Å². The molecule has 170 valence electrons. The summed E-state index contributed by atoms with van der Waals surface area (Å²) in [7, 11) is 0. The van der Waals surface area contributed by atoms with E-state index in [1.807, 2.05) is 0 Å². The van der Waals surface area contributed by atoms with Crippen LogP contribution in [-0.4, -0.2) is 54.6 Å². The molecule has 2 heterocycles. The van der Waals surface area contributed by atoms with Crippen molar-refractivity contribution in [3.63, 3.8) is 0 Å². The monoisotopic (exact) mass is 470 g/mol. The number of benzene rings is 2. The first-order chi connectivity index (χ1) is 15.9. The van der Waals surface area contributed by atoms with Crippen molar-refractivity contribution in [3.8, 4) is 5.69 Å². The van der Waals surface area contributed by atoms with E-state index in [0.717, 1.165) is 6.42 Å². The summed E-state index contributed by atoms with van der Waals surface area (Å²) in [5, 5.41) is 25.0. The molecule has 3 aromatic rings. The maximum atomic E-state index is 14.1. The van der Waals surface area contributed by atoms with Gasteiger partial charge in [0.05, 0.1) is 5.69 Å². The van der Waals surface area contributed by atoms with E-state index in [0.29, 0.717) is 22.8 Å². The molecule has 0 bridgehead atoms. The number of carbonyl (C=O) groups excluding carboxylic acids is 2. The number of piperidine rings is 1. The van der Waals surface area contributed by atoms with Gasteiger partial charge in [0.2, 0.25) is 5.91 Å². The number of amides is 2. The van der Waals surface area contributed by atoms with E-state index in [9.17, 15) is 19.1 Å². The number of carbonyl (C=O) groups is 2. The van der Waals surface area contributed by atoms with Crippen molar-refractivity contribution in [2.75, 3.05) is 6.54 Å². The summed E-state index contributed by atoms with van der Waals surface area (Å²) in [6.07, 6.45) is 0.605. The quantitative estimate of drug-likeness (QED) is 0.566. The molecular weight excluding hydrogens is 451 g/mol. The number of tetrazole rings is 1. The average molecular weight is 471 g/mol. The van der Waals surface area contributed by atoms with Gasteiger partial charge < -0.3 is 15.3 Å². The van der Waals surface area contributed by atoms with Gasteiger partial charge in [-0.05, 0) is 58.5 Å². The molecule has 2 aromatic carbocycles. The second kappa shape index (κ2) is 8.53. The van der Waals surface area contributed by atoms with Crippen molar-refractivity contribution < 1.29 is 19.1 Å². The Labute approximate surface area is 193 Å². The minimum Gasteiger partial charge on any atom is -0.378 e. The maximum absolute atomic E-state index is 14.1. The second-order valence-electron chi connectivity index (χ2n) is 8.26. The van der Waals surface area contributed by atoms with Crippen LogP contribution in [0.2, 0.25) is 5.02 Å². The molecule has 2 amide bonds. The number of nitrogens with one attached hydrogen (secondary N) is 1. The zero-order valence-corrected chi connectivity index (χ0v) is 18.1. The predicted molar refractivity (Wildman–Crippen MR) is 114 cm³/mol. The van der Waals surface area contributed by atoms with Crippen LogP contribution in [0.25, 0.3) is 5.69 Å². The summed E-state index contributed by atoms with van der Waals surface area (Å²) in [4.78, 5) is 27.5. The number of nitrogens with zero attached hydrogens (tertiary/aromatic N) is 5. The first-order valence-corrected chi connectivity index (χ1v) is 10.8. The lowest BCUT2D eigenvalue weighted by Gasteiger charge is -2.29. The number of hydrogen-bond acceptors (Lipinski definition) is 6. The van der Waals surface area contributed by atoms with Crippen molar-refractivity contribution in [1.82, 2.24) is 30.4 Å². The third kappa shape index (κ3) is 4.07. The molecule has 5 rings (SSSR count). The van der Waals surface area contributed by atoms with E-state index in [-0.39, 0.29) is 29.9 Å². The number of hydrogen-bond donors (Lipinski definition) is 2.